The largest absolute Gasteiger partial charge is 0.396 e. The van der Waals surface area contributed by atoms with Crippen LogP contribution in [0.3, 0.4) is 0 Å². The smallest absolute Gasteiger partial charge is 0.0568 e. The summed E-state index contributed by atoms with van der Waals surface area (Å²) in [7, 11) is 0. The van der Waals surface area contributed by atoms with E-state index in [0.29, 0.717) is 12.5 Å². The number of aliphatic hydroxyl groups is 2. The third-order valence-electron chi connectivity index (χ3n) is 3.35. The van der Waals surface area contributed by atoms with Gasteiger partial charge in [0.25, 0.3) is 0 Å². The quantitative estimate of drug-likeness (QED) is 0.529. The molecule has 0 aromatic carbocycles. The highest BCUT2D eigenvalue weighted by molar-refractivity contribution is 4.72. The number of hydrogen-bond acceptors (Lipinski definition) is 2. The van der Waals surface area contributed by atoms with E-state index in [9.17, 15) is 5.11 Å². The number of rotatable bonds is 5. The van der Waals surface area contributed by atoms with Crippen molar-refractivity contribution < 1.29 is 10.2 Å². The Balaban J connectivity index is 2.13. The predicted molar refractivity (Wildman–Crippen MR) is 58.1 cm³/mol. The Morgan fingerprint density at radius 1 is 0.929 bits per heavy atom. The third-order valence-corrected chi connectivity index (χ3v) is 3.35. The number of hydrogen-bond donors (Lipinski definition) is 2. The molecule has 0 spiro atoms. The Labute approximate surface area is 87.3 Å². The van der Waals surface area contributed by atoms with Crippen LogP contribution < -0.4 is 0 Å². The van der Waals surface area contributed by atoms with Crippen molar-refractivity contribution in [3.63, 3.8) is 0 Å². The van der Waals surface area contributed by atoms with Crippen LogP contribution in [0.5, 0.6) is 0 Å². The molecule has 1 rings (SSSR count). The lowest BCUT2D eigenvalue weighted by molar-refractivity contribution is 0.0939. The number of aliphatic hydroxyl groups excluding tert-OH is 2. The molecular weight excluding hydrogens is 176 g/mol. The Morgan fingerprint density at radius 2 is 1.71 bits per heavy atom. The molecule has 2 heteroatoms. The summed E-state index contributed by atoms with van der Waals surface area (Å²) in [5, 5.41) is 18.5. The van der Waals surface area contributed by atoms with Crippen LogP contribution in [0.1, 0.15) is 57.8 Å². The summed E-state index contributed by atoms with van der Waals surface area (Å²) in [5.74, 6) is 0.538. The molecule has 1 aliphatic rings. The molecule has 84 valence electrons. The van der Waals surface area contributed by atoms with E-state index in [0.717, 1.165) is 25.7 Å². The molecule has 2 N–H and O–H groups in total. The van der Waals surface area contributed by atoms with E-state index in [2.05, 4.69) is 0 Å². The van der Waals surface area contributed by atoms with Crippen molar-refractivity contribution >= 4 is 0 Å². The van der Waals surface area contributed by atoms with Crippen LogP contribution in [0, 0.1) is 5.92 Å². The van der Waals surface area contributed by atoms with Gasteiger partial charge in [-0.25, -0.2) is 0 Å². The van der Waals surface area contributed by atoms with Gasteiger partial charge < -0.3 is 10.2 Å². The molecular formula is C12H24O2. The van der Waals surface area contributed by atoms with Crippen molar-refractivity contribution in [1.82, 2.24) is 0 Å². The summed E-state index contributed by atoms with van der Waals surface area (Å²) >= 11 is 0. The fraction of sp³-hybridized carbons (Fsp3) is 1.00. The second kappa shape index (κ2) is 7.24. The Bertz CT molecular complexity index is 136. The first-order chi connectivity index (χ1) is 6.84. The summed E-state index contributed by atoms with van der Waals surface area (Å²) in [5.41, 5.74) is 0. The summed E-state index contributed by atoms with van der Waals surface area (Å²) < 4.78 is 0. The lowest BCUT2D eigenvalue weighted by Gasteiger charge is -2.19. The van der Waals surface area contributed by atoms with Gasteiger partial charge in [-0.3, -0.25) is 0 Å². The highest BCUT2D eigenvalue weighted by Gasteiger charge is 2.20. The zero-order valence-electron chi connectivity index (χ0n) is 9.12. The third kappa shape index (κ3) is 4.43. The van der Waals surface area contributed by atoms with Gasteiger partial charge in [0, 0.05) is 6.61 Å². The molecule has 0 radical (unpaired) electrons. The Hall–Kier alpha value is -0.0800. The molecule has 14 heavy (non-hydrogen) atoms. The van der Waals surface area contributed by atoms with E-state index in [1.54, 1.807) is 0 Å². The van der Waals surface area contributed by atoms with E-state index in [1.807, 2.05) is 0 Å². The van der Waals surface area contributed by atoms with Gasteiger partial charge in [-0.05, 0) is 31.6 Å². The lowest BCUT2D eigenvalue weighted by atomic mass is 9.91. The first-order valence-electron chi connectivity index (χ1n) is 6.13. The molecule has 0 aromatic heterocycles. The van der Waals surface area contributed by atoms with Gasteiger partial charge >= 0.3 is 0 Å². The lowest BCUT2D eigenvalue weighted by Crippen LogP contribution is -2.18. The van der Waals surface area contributed by atoms with Crippen LogP contribution in [0.15, 0.2) is 0 Å². The highest BCUT2D eigenvalue weighted by Crippen LogP contribution is 2.27. The second-order valence-electron chi connectivity index (χ2n) is 4.54. The Morgan fingerprint density at radius 3 is 2.50 bits per heavy atom. The van der Waals surface area contributed by atoms with Crippen LogP contribution in [0.2, 0.25) is 0 Å². The fourth-order valence-corrected chi connectivity index (χ4v) is 2.40. The molecule has 2 unspecified atom stereocenters. The molecule has 0 aromatic rings. The van der Waals surface area contributed by atoms with Crippen molar-refractivity contribution in [2.45, 2.75) is 63.9 Å². The second-order valence-corrected chi connectivity index (χ2v) is 4.54. The van der Waals surface area contributed by atoms with Crippen molar-refractivity contribution in [3.8, 4) is 0 Å². The van der Waals surface area contributed by atoms with Crippen LogP contribution >= 0.6 is 0 Å². The SMILES string of the molecule is OCCCCCC1CCCCCC1O. The normalized spacial score (nSPS) is 28.7. The van der Waals surface area contributed by atoms with Crippen molar-refractivity contribution in [2.75, 3.05) is 6.61 Å². The average Bonchev–Trinajstić information content (AvgIpc) is 2.39. The summed E-state index contributed by atoms with van der Waals surface area (Å²) in [6.45, 7) is 0.313. The monoisotopic (exact) mass is 200 g/mol. The van der Waals surface area contributed by atoms with Gasteiger partial charge in [-0.1, -0.05) is 32.1 Å². The van der Waals surface area contributed by atoms with Gasteiger partial charge in [0.15, 0.2) is 0 Å². The maximum Gasteiger partial charge on any atom is 0.0568 e. The molecule has 0 amide bonds. The molecule has 0 heterocycles. The molecule has 0 aliphatic heterocycles. The maximum absolute atomic E-state index is 9.86. The van der Waals surface area contributed by atoms with Crippen molar-refractivity contribution in [2.24, 2.45) is 5.92 Å². The minimum absolute atomic E-state index is 0.0494. The van der Waals surface area contributed by atoms with E-state index in [1.165, 1.54) is 32.1 Å². The van der Waals surface area contributed by atoms with Crippen molar-refractivity contribution in [1.29, 1.82) is 0 Å². The van der Waals surface area contributed by atoms with Crippen LogP contribution in [-0.4, -0.2) is 22.9 Å². The Kier molecular flexibility index (Phi) is 6.20. The van der Waals surface area contributed by atoms with E-state index < -0.39 is 0 Å². The van der Waals surface area contributed by atoms with Crippen LogP contribution in [0.4, 0.5) is 0 Å². The predicted octanol–water partition coefficient (Wildman–Crippen LogP) is 2.48. The summed E-state index contributed by atoms with van der Waals surface area (Å²) in [4.78, 5) is 0. The molecule has 2 nitrogen and oxygen atoms in total. The van der Waals surface area contributed by atoms with E-state index in [-0.39, 0.29) is 6.10 Å². The topological polar surface area (TPSA) is 40.5 Å². The minimum atomic E-state index is -0.0494. The minimum Gasteiger partial charge on any atom is -0.396 e. The highest BCUT2D eigenvalue weighted by atomic mass is 16.3. The zero-order chi connectivity index (χ0) is 10.2. The van der Waals surface area contributed by atoms with Crippen LogP contribution in [0.25, 0.3) is 0 Å². The van der Waals surface area contributed by atoms with Gasteiger partial charge in [-0.15, -0.1) is 0 Å². The van der Waals surface area contributed by atoms with Gasteiger partial charge in [0.1, 0.15) is 0 Å². The van der Waals surface area contributed by atoms with Crippen molar-refractivity contribution in [3.05, 3.63) is 0 Å². The van der Waals surface area contributed by atoms with E-state index in [4.69, 9.17) is 5.11 Å². The molecule has 0 saturated heterocycles. The fourth-order valence-electron chi connectivity index (χ4n) is 2.40. The average molecular weight is 200 g/mol. The molecule has 0 bridgehead atoms. The first-order valence-corrected chi connectivity index (χ1v) is 6.13. The molecule has 1 fully saturated rings. The molecule has 1 saturated carbocycles. The molecule has 2 atom stereocenters. The van der Waals surface area contributed by atoms with E-state index >= 15 is 0 Å². The number of unbranched alkanes of at least 4 members (excludes halogenated alkanes) is 2. The first kappa shape index (κ1) is 12.0. The standard InChI is InChI=1S/C12H24O2/c13-10-6-2-4-8-11-7-3-1-5-9-12(11)14/h11-14H,1-10H2. The van der Waals surface area contributed by atoms with Gasteiger partial charge in [-0.2, -0.15) is 0 Å². The molecule has 1 aliphatic carbocycles. The summed E-state index contributed by atoms with van der Waals surface area (Å²) in [6, 6.07) is 0. The van der Waals surface area contributed by atoms with Crippen LogP contribution in [-0.2, 0) is 0 Å². The van der Waals surface area contributed by atoms with Gasteiger partial charge in [0.05, 0.1) is 6.10 Å². The summed E-state index contributed by atoms with van der Waals surface area (Å²) in [6.07, 6.45) is 10.3. The zero-order valence-corrected chi connectivity index (χ0v) is 9.12. The maximum atomic E-state index is 9.86. The van der Waals surface area contributed by atoms with Gasteiger partial charge in [0.2, 0.25) is 0 Å².